The van der Waals surface area contributed by atoms with Gasteiger partial charge in [0.1, 0.15) is 0 Å². The van der Waals surface area contributed by atoms with Crippen LogP contribution in [0.2, 0.25) is 0 Å². The number of aryl methyl sites for hydroxylation is 1. The number of sulfonamides is 1. The second kappa shape index (κ2) is 5.69. The third kappa shape index (κ3) is 2.94. The topological polar surface area (TPSA) is 82.2 Å². The molecule has 104 valence electrons. The molecule has 7 nitrogen and oxygen atoms in total. The maximum absolute atomic E-state index is 12.3. The van der Waals surface area contributed by atoms with Crippen LogP contribution in [-0.4, -0.2) is 59.9 Å². The predicted molar refractivity (Wildman–Crippen MR) is 68.7 cm³/mol. The zero-order chi connectivity index (χ0) is 13.9. The molecule has 1 aromatic rings. The van der Waals surface area contributed by atoms with Gasteiger partial charge in [-0.1, -0.05) is 0 Å². The quantitative estimate of drug-likeness (QED) is 0.711. The highest BCUT2D eigenvalue weighted by atomic mass is 32.2. The van der Waals surface area contributed by atoms with E-state index in [9.17, 15) is 8.42 Å². The second-order valence-electron chi connectivity index (χ2n) is 4.38. The number of nitrogens with zero attached hydrogens (tertiary/aromatic N) is 5. The summed E-state index contributed by atoms with van der Waals surface area (Å²) >= 11 is 0. The molecule has 0 radical (unpaired) electrons. The Morgan fingerprint density at radius 1 is 1.37 bits per heavy atom. The van der Waals surface area contributed by atoms with Gasteiger partial charge in [-0.05, 0) is 6.92 Å². The van der Waals surface area contributed by atoms with E-state index < -0.39 is 10.0 Å². The lowest BCUT2D eigenvalue weighted by molar-refractivity contribution is 0.206. The molecular formula is C11H17N5O2S. The van der Waals surface area contributed by atoms with Crippen LogP contribution < -0.4 is 0 Å². The van der Waals surface area contributed by atoms with Gasteiger partial charge in [0.2, 0.25) is 0 Å². The molecule has 0 unspecified atom stereocenters. The van der Waals surface area contributed by atoms with E-state index in [-0.39, 0.29) is 5.03 Å². The molecule has 0 spiro atoms. The minimum Gasteiger partial charge on any atom is -0.336 e. The van der Waals surface area contributed by atoms with Gasteiger partial charge >= 0.3 is 0 Å². The number of aromatic nitrogens is 2. The van der Waals surface area contributed by atoms with Crippen LogP contribution in [0.4, 0.5) is 0 Å². The number of piperazine rings is 1. The molecule has 0 bridgehead atoms. The van der Waals surface area contributed by atoms with E-state index in [1.807, 2.05) is 11.8 Å². The third-order valence-corrected chi connectivity index (χ3v) is 4.99. The van der Waals surface area contributed by atoms with E-state index in [2.05, 4.69) is 11.1 Å². The molecule has 0 aromatic carbocycles. The van der Waals surface area contributed by atoms with Crippen molar-refractivity contribution in [2.75, 3.05) is 32.7 Å². The molecule has 0 N–H and O–H groups in total. The van der Waals surface area contributed by atoms with Crippen molar-refractivity contribution in [2.24, 2.45) is 0 Å². The molecule has 1 aliphatic heterocycles. The lowest BCUT2D eigenvalue weighted by Crippen LogP contribution is -2.48. The Bertz CT molecular complexity index is 566. The molecule has 0 amide bonds. The number of hydrogen-bond acceptors (Lipinski definition) is 5. The summed E-state index contributed by atoms with van der Waals surface area (Å²) in [7, 11) is -3.50. The fourth-order valence-corrected chi connectivity index (χ4v) is 3.36. The van der Waals surface area contributed by atoms with Crippen LogP contribution >= 0.6 is 0 Å². The molecule has 19 heavy (non-hydrogen) atoms. The summed E-state index contributed by atoms with van der Waals surface area (Å²) in [5.41, 5.74) is 0. The Morgan fingerprint density at radius 3 is 2.58 bits per heavy atom. The van der Waals surface area contributed by atoms with Crippen molar-refractivity contribution < 1.29 is 8.42 Å². The van der Waals surface area contributed by atoms with Crippen molar-refractivity contribution in [2.45, 2.75) is 18.5 Å². The van der Waals surface area contributed by atoms with E-state index in [4.69, 9.17) is 5.26 Å². The zero-order valence-electron chi connectivity index (χ0n) is 10.9. The molecule has 0 aliphatic carbocycles. The maximum Gasteiger partial charge on any atom is 0.262 e. The Balaban J connectivity index is 2.07. The van der Waals surface area contributed by atoms with Gasteiger partial charge in [-0.2, -0.15) is 9.57 Å². The van der Waals surface area contributed by atoms with Gasteiger partial charge in [-0.15, -0.1) is 0 Å². The summed E-state index contributed by atoms with van der Waals surface area (Å²) in [6, 6.07) is 2.08. The smallest absolute Gasteiger partial charge is 0.262 e. The first-order chi connectivity index (χ1) is 9.07. The highest BCUT2D eigenvalue weighted by molar-refractivity contribution is 7.89. The summed E-state index contributed by atoms with van der Waals surface area (Å²) in [5, 5.41) is 8.72. The molecule has 2 rings (SSSR count). The molecular weight excluding hydrogens is 266 g/mol. The fraction of sp³-hybridized carbons (Fsp3) is 0.636. The highest BCUT2D eigenvalue weighted by Crippen LogP contribution is 2.15. The Morgan fingerprint density at radius 2 is 2.05 bits per heavy atom. The lowest BCUT2D eigenvalue weighted by Gasteiger charge is -2.31. The zero-order valence-corrected chi connectivity index (χ0v) is 11.7. The number of hydrogen-bond donors (Lipinski definition) is 0. The van der Waals surface area contributed by atoms with Crippen molar-refractivity contribution in [3.05, 3.63) is 12.5 Å². The molecule has 8 heteroatoms. The number of nitriles is 1. The van der Waals surface area contributed by atoms with Crippen LogP contribution in [-0.2, 0) is 16.6 Å². The molecule has 2 heterocycles. The van der Waals surface area contributed by atoms with E-state index >= 15 is 0 Å². The van der Waals surface area contributed by atoms with Gasteiger partial charge in [0.15, 0.2) is 5.03 Å². The summed E-state index contributed by atoms with van der Waals surface area (Å²) < 4.78 is 27.9. The summed E-state index contributed by atoms with van der Waals surface area (Å²) in [6.07, 6.45) is 3.08. The minimum absolute atomic E-state index is 0.100. The first-order valence-corrected chi connectivity index (χ1v) is 7.63. The Hall–Kier alpha value is -1.43. The van der Waals surface area contributed by atoms with Gasteiger partial charge in [0, 0.05) is 38.9 Å². The summed E-state index contributed by atoms with van der Waals surface area (Å²) in [4.78, 5) is 5.90. The van der Waals surface area contributed by atoms with E-state index in [1.165, 1.54) is 10.6 Å². The monoisotopic (exact) mass is 283 g/mol. The van der Waals surface area contributed by atoms with Crippen LogP contribution in [0.25, 0.3) is 0 Å². The average Bonchev–Trinajstić information content (AvgIpc) is 2.89. The van der Waals surface area contributed by atoms with Crippen molar-refractivity contribution in [3.63, 3.8) is 0 Å². The van der Waals surface area contributed by atoms with Gasteiger partial charge in [0.25, 0.3) is 10.0 Å². The van der Waals surface area contributed by atoms with Crippen molar-refractivity contribution in [3.8, 4) is 6.07 Å². The van der Waals surface area contributed by atoms with Gasteiger partial charge in [0.05, 0.1) is 18.9 Å². The van der Waals surface area contributed by atoms with Crippen LogP contribution in [0.1, 0.15) is 6.92 Å². The van der Waals surface area contributed by atoms with Gasteiger partial charge < -0.3 is 4.57 Å². The van der Waals surface area contributed by atoms with Gasteiger partial charge in [-0.3, -0.25) is 4.90 Å². The molecule has 1 saturated heterocycles. The predicted octanol–water partition coefficient (Wildman–Crippen LogP) is -0.267. The average molecular weight is 283 g/mol. The number of rotatable bonds is 4. The van der Waals surface area contributed by atoms with Crippen LogP contribution in [0.15, 0.2) is 17.6 Å². The highest BCUT2D eigenvalue weighted by Gasteiger charge is 2.29. The molecule has 0 saturated carbocycles. The summed E-state index contributed by atoms with van der Waals surface area (Å²) in [5.74, 6) is 0. The van der Waals surface area contributed by atoms with Crippen LogP contribution in [0.5, 0.6) is 0 Å². The molecule has 1 aliphatic rings. The molecule has 0 atom stereocenters. The van der Waals surface area contributed by atoms with Crippen molar-refractivity contribution >= 4 is 10.0 Å². The maximum atomic E-state index is 12.3. The fourth-order valence-electron chi connectivity index (χ4n) is 2.01. The first kappa shape index (κ1) is 14.0. The minimum atomic E-state index is -3.50. The van der Waals surface area contributed by atoms with E-state index in [1.54, 1.807) is 10.8 Å². The number of imidazole rings is 1. The van der Waals surface area contributed by atoms with Crippen molar-refractivity contribution in [1.82, 2.24) is 18.8 Å². The lowest BCUT2D eigenvalue weighted by atomic mass is 10.4. The summed E-state index contributed by atoms with van der Waals surface area (Å²) in [6.45, 7) is 4.95. The van der Waals surface area contributed by atoms with E-state index in [0.717, 1.165) is 0 Å². The standard InChI is InChI=1S/C11H17N5O2S/c1-2-14-9-11(13-10-14)19(17,18)16-7-5-15(4-3-12)6-8-16/h9-10H,2,4-8H2,1H3. The van der Waals surface area contributed by atoms with E-state index in [0.29, 0.717) is 39.3 Å². The second-order valence-corrected chi connectivity index (χ2v) is 6.27. The van der Waals surface area contributed by atoms with Crippen LogP contribution in [0, 0.1) is 11.3 Å². The Labute approximate surface area is 113 Å². The van der Waals surface area contributed by atoms with Crippen molar-refractivity contribution in [1.29, 1.82) is 5.26 Å². The third-order valence-electron chi connectivity index (χ3n) is 3.20. The first-order valence-electron chi connectivity index (χ1n) is 6.19. The van der Waals surface area contributed by atoms with Crippen LogP contribution in [0.3, 0.4) is 0 Å². The normalized spacial score (nSPS) is 18.3. The largest absolute Gasteiger partial charge is 0.336 e. The molecule has 1 fully saturated rings. The Kier molecular flexibility index (Phi) is 4.19. The van der Waals surface area contributed by atoms with Gasteiger partial charge in [-0.25, -0.2) is 13.4 Å². The molecule has 1 aromatic heterocycles. The SMILES string of the molecule is CCn1cnc(S(=O)(=O)N2CCN(CC#N)CC2)c1.